The first-order valence-electron chi connectivity index (χ1n) is 12.0. The highest BCUT2D eigenvalue weighted by Crippen LogP contribution is 2.18. The summed E-state index contributed by atoms with van der Waals surface area (Å²) >= 11 is 6.04. The van der Waals surface area contributed by atoms with Crippen LogP contribution in [0.15, 0.2) is 115 Å². The molecule has 0 aliphatic carbocycles. The van der Waals surface area contributed by atoms with Gasteiger partial charge in [-0.25, -0.2) is 0 Å². The molecule has 2 amide bonds. The highest BCUT2D eigenvalue weighted by atomic mass is 35.5. The van der Waals surface area contributed by atoms with E-state index in [1.807, 2.05) is 103 Å². The predicted octanol–water partition coefficient (Wildman–Crippen LogP) is 5.84. The molecule has 4 nitrogen and oxygen atoms in total. The number of hydrogen-bond donors (Lipinski definition) is 1. The monoisotopic (exact) mass is 496 g/mol. The number of nitrogens with zero attached hydrogens (tertiary/aromatic N) is 1. The van der Waals surface area contributed by atoms with Crippen LogP contribution >= 0.6 is 11.6 Å². The summed E-state index contributed by atoms with van der Waals surface area (Å²) < 4.78 is 0. The van der Waals surface area contributed by atoms with Crippen LogP contribution in [0.1, 0.15) is 22.3 Å². The summed E-state index contributed by atoms with van der Waals surface area (Å²) in [5.41, 5.74) is 3.82. The van der Waals surface area contributed by atoms with Gasteiger partial charge in [0, 0.05) is 24.5 Å². The van der Waals surface area contributed by atoms with E-state index in [-0.39, 0.29) is 18.2 Å². The Morgan fingerprint density at radius 3 is 1.78 bits per heavy atom. The molecule has 4 aromatic rings. The Labute approximate surface area is 217 Å². The zero-order valence-electron chi connectivity index (χ0n) is 20.0. The minimum Gasteiger partial charge on any atom is -0.350 e. The lowest BCUT2D eigenvalue weighted by atomic mass is 10.0. The molecule has 4 rings (SSSR count). The van der Waals surface area contributed by atoms with Gasteiger partial charge in [-0.1, -0.05) is 115 Å². The number of amides is 2. The minimum atomic E-state index is -0.670. The molecule has 1 unspecified atom stereocenters. The zero-order chi connectivity index (χ0) is 25.2. The van der Waals surface area contributed by atoms with Crippen molar-refractivity contribution in [3.8, 4) is 0 Å². The normalized spacial score (nSPS) is 11.5. The summed E-state index contributed by atoms with van der Waals surface area (Å²) in [5.74, 6) is -0.292. The highest BCUT2D eigenvalue weighted by Gasteiger charge is 2.30. The third-order valence-corrected chi connectivity index (χ3v) is 6.30. The van der Waals surface area contributed by atoms with E-state index in [0.717, 1.165) is 22.3 Å². The summed E-state index contributed by atoms with van der Waals surface area (Å²) in [7, 11) is 0. The van der Waals surface area contributed by atoms with Crippen LogP contribution in [0.2, 0.25) is 5.02 Å². The lowest BCUT2D eigenvalue weighted by Gasteiger charge is -2.31. The van der Waals surface area contributed by atoms with Crippen LogP contribution in [0, 0.1) is 0 Å². The maximum Gasteiger partial charge on any atom is 0.243 e. The van der Waals surface area contributed by atoms with E-state index in [0.29, 0.717) is 24.5 Å². The molecule has 0 radical (unpaired) electrons. The third kappa shape index (κ3) is 7.30. The molecule has 0 fully saturated rings. The van der Waals surface area contributed by atoms with E-state index in [9.17, 15) is 9.59 Å². The van der Waals surface area contributed by atoms with Crippen LogP contribution < -0.4 is 5.32 Å². The van der Waals surface area contributed by atoms with Crippen LogP contribution in [0.4, 0.5) is 0 Å². The van der Waals surface area contributed by atoms with Gasteiger partial charge in [0.15, 0.2) is 0 Å². The Morgan fingerprint density at radius 1 is 0.667 bits per heavy atom. The van der Waals surface area contributed by atoms with Crippen molar-refractivity contribution < 1.29 is 9.59 Å². The van der Waals surface area contributed by atoms with Gasteiger partial charge in [0.1, 0.15) is 6.04 Å². The predicted molar refractivity (Wildman–Crippen MR) is 144 cm³/mol. The van der Waals surface area contributed by atoms with Crippen molar-refractivity contribution in [2.24, 2.45) is 0 Å². The molecule has 0 spiro atoms. The fraction of sp³-hybridized carbons (Fsp3) is 0.161. The van der Waals surface area contributed by atoms with Crippen molar-refractivity contribution in [2.45, 2.75) is 32.0 Å². The van der Waals surface area contributed by atoms with Gasteiger partial charge < -0.3 is 10.2 Å². The fourth-order valence-electron chi connectivity index (χ4n) is 4.12. The molecular formula is C31H29ClN2O2. The van der Waals surface area contributed by atoms with Gasteiger partial charge in [0.05, 0.1) is 6.42 Å². The first kappa shape index (κ1) is 25.2. The molecule has 1 atom stereocenters. The van der Waals surface area contributed by atoms with Crippen LogP contribution in [0.25, 0.3) is 0 Å². The van der Waals surface area contributed by atoms with Gasteiger partial charge in [0.25, 0.3) is 0 Å². The average Bonchev–Trinajstić information content (AvgIpc) is 2.92. The molecule has 36 heavy (non-hydrogen) atoms. The number of carbonyl (C=O) groups excluding carboxylic acids is 2. The second-order valence-corrected chi connectivity index (χ2v) is 9.16. The molecule has 5 heteroatoms. The van der Waals surface area contributed by atoms with Crippen molar-refractivity contribution in [2.75, 3.05) is 0 Å². The van der Waals surface area contributed by atoms with Crippen LogP contribution in [0.5, 0.6) is 0 Å². The molecule has 0 aliphatic heterocycles. The van der Waals surface area contributed by atoms with Crippen molar-refractivity contribution >= 4 is 23.4 Å². The van der Waals surface area contributed by atoms with E-state index >= 15 is 0 Å². The van der Waals surface area contributed by atoms with E-state index in [1.54, 1.807) is 17.0 Å². The largest absolute Gasteiger partial charge is 0.350 e. The summed E-state index contributed by atoms with van der Waals surface area (Å²) in [6.07, 6.45) is 0.599. The maximum absolute atomic E-state index is 13.7. The Hall–Kier alpha value is -3.89. The SMILES string of the molecule is O=C(NCc1ccccc1)C(Cc1ccccc1)N(Cc1ccccc1)C(=O)Cc1ccc(Cl)cc1. The Bertz CT molecular complexity index is 1250. The van der Waals surface area contributed by atoms with Crippen molar-refractivity contribution in [3.63, 3.8) is 0 Å². The van der Waals surface area contributed by atoms with Gasteiger partial charge in [-0.2, -0.15) is 0 Å². The average molecular weight is 497 g/mol. The van der Waals surface area contributed by atoms with Gasteiger partial charge in [-0.05, 0) is 34.4 Å². The standard InChI is InChI=1S/C31H29ClN2O2/c32-28-18-16-25(17-19-28)21-30(35)34(23-27-14-8-3-9-15-27)29(20-24-10-4-1-5-11-24)31(36)33-22-26-12-6-2-7-13-26/h1-19,29H,20-23H2,(H,33,36). The molecule has 0 aliphatic rings. The highest BCUT2D eigenvalue weighted by molar-refractivity contribution is 6.30. The number of benzene rings is 4. The van der Waals surface area contributed by atoms with Gasteiger partial charge >= 0.3 is 0 Å². The van der Waals surface area contributed by atoms with Gasteiger partial charge in [-0.15, -0.1) is 0 Å². The summed E-state index contributed by atoms with van der Waals surface area (Å²) in [6.45, 7) is 0.735. The molecule has 1 N–H and O–H groups in total. The first-order chi connectivity index (χ1) is 17.6. The first-order valence-corrected chi connectivity index (χ1v) is 12.4. The Kier molecular flexibility index (Phi) is 8.90. The number of nitrogens with one attached hydrogen (secondary N) is 1. The molecule has 182 valence electrons. The van der Waals surface area contributed by atoms with Gasteiger partial charge in [0.2, 0.25) is 11.8 Å². The number of carbonyl (C=O) groups is 2. The second kappa shape index (κ2) is 12.7. The third-order valence-electron chi connectivity index (χ3n) is 6.05. The van der Waals surface area contributed by atoms with E-state index in [1.165, 1.54) is 0 Å². The second-order valence-electron chi connectivity index (χ2n) is 8.72. The number of halogens is 1. The molecule has 4 aromatic carbocycles. The number of rotatable bonds is 10. The Balaban J connectivity index is 1.63. The molecular weight excluding hydrogens is 468 g/mol. The van der Waals surface area contributed by atoms with Crippen LogP contribution in [-0.4, -0.2) is 22.8 Å². The summed E-state index contributed by atoms with van der Waals surface area (Å²) in [5, 5.41) is 3.68. The smallest absolute Gasteiger partial charge is 0.243 e. The fourth-order valence-corrected chi connectivity index (χ4v) is 4.24. The van der Waals surface area contributed by atoms with Crippen molar-refractivity contribution in [1.82, 2.24) is 10.2 Å². The molecule has 0 bridgehead atoms. The van der Waals surface area contributed by atoms with Crippen LogP contribution in [0.3, 0.4) is 0 Å². The quantitative estimate of drug-likeness (QED) is 0.300. The van der Waals surface area contributed by atoms with Crippen LogP contribution in [-0.2, 0) is 35.5 Å². The molecule has 0 saturated carbocycles. The lowest BCUT2D eigenvalue weighted by Crippen LogP contribution is -2.50. The summed E-state index contributed by atoms with van der Waals surface area (Å²) in [4.78, 5) is 29.1. The molecule has 0 saturated heterocycles. The van der Waals surface area contributed by atoms with Crippen molar-refractivity contribution in [3.05, 3.63) is 143 Å². The lowest BCUT2D eigenvalue weighted by molar-refractivity contribution is -0.140. The Morgan fingerprint density at radius 2 is 1.19 bits per heavy atom. The minimum absolute atomic E-state index is 0.114. The maximum atomic E-state index is 13.7. The van der Waals surface area contributed by atoms with E-state index in [2.05, 4.69) is 5.32 Å². The van der Waals surface area contributed by atoms with E-state index in [4.69, 9.17) is 11.6 Å². The van der Waals surface area contributed by atoms with E-state index < -0.39 is 6.04 Å². The molecule has 0 aromatic heterocycles. The topological polar surface area (TPSA) is 49.4 Å². The number of hydrogen-bond acceptors (Lipinski definition) is 2. The molecule has 0 heterocycles. The zero-order valence-corrected chi connectivity index (χ0v) is 20.8. The summed E-state index contributed by atoms with van der Waals surface area (Å²) in [6, 6.07) is 36.0. The van der Waals surface area contributed by atoms with Gasteiger partial charge in [-0.3, -0.25) is 9.59 Å². The van der Waals surface area contributed by atoms with Crippen molar-refractivity contribution in [1.29, 1.82) is 0 Å².